The summed E-state index contributed by atoms with van der Waals surface area (Å²) in [4.78, 5) is 0. The van der Waals surface area contributed by atoms with E-state index in [1.54, 1.807) is 0 Å². The van der Waals surface area contributed by atoms with Crippen molar-refractivity contribution in [1.29, 1.82) is 0 Å². The maximum atomic E-state index is 5.70. The molecular formula is C15H17N3O3. The van der Waals surface area contributed by atoms with E-state index < -0.39 is 0 Å². The highest BCUT2D eigenvalue weighted by Crippen LogP contribution is 2.35. The summed E-state index contributed by atoms with van der Waals surface area (Å²) in [7, 11) is 0. The first-order chi connectivity index (χ1) is 10.4. The van der Waals surface area contributed by atoms with Gasteiger partial charge in [-0.25, -0.2) is 0 Å². The van der Waals surface area contributed by atoms with Gasteiger partial charge in [-0.05, 0) is 31.0 Å². The molecule has 110 valence electrons. The Balaban J connectivity index is 1.51. The summed E-state index contributed by atoms with van der Waals surface area (Å²) in [5, 5.41) is 11.5. The summed E-state index contributed by atoms with van der Waals surface area (Å²) in [6, 6.07) is 6.56. The zero-order chi connectivity index (χ0) is 14.1. The second-order valence-corrected chi connectivity index (χ2v) is 5.46. The lowest BCUT2D eigenvalue weighted by atomic mass is 9.96. The van der Waals surface area contributed by atoms with Crippen LogP contribution in [0.15, 0.2) is 22.6 Å². The van der Waals surface area contributed by atoms with Gasteiger partial charge in [-0.15, -0.1) is 5.10 Å². The molecule has 1 saturated carbocycles. The SMILES string of the molecule is c1cc2c(cc1-c1nnc(NC3CCCCC3)o1)OCO2. The topological polar surface area (TPSA) is 69.4 Å². The lowest BCUT2D eigenvalue weighted by Gasteiger charge is -2.21. The molecule has 2 aliphatic rings. The van der Waals surface area contributed by atoms with Gasteiger partial charge in [0.25, 0.3) is 0 Å². The number of fused-ring (bicyclic) bond motifs is 1. The lowest BCUT2D eigenvalue weighted by molar-refractivity contribution is 0.174. The van der Waals surface area contributed by atoms with Gasteiger partial charge in [0.2, 0.25) is 12.7 Å². The van der Waals surface area contributed by atoms with E-state index in [4.69, 9.17) is 13.9 Å². The van der Waals surface area contributed by atoms with Crippen LogP contribution in [-0.4, -0.2) is 23.0 Å². The van der Waals surface area contributed by atoms with Crippen LogP contribution >= 0.6 is 0 Å². The fourth-order valence-corrected chi connectivity index (χ4v) is 2.85. The third kappa shape index (κ3) is 2.53. The fourth-order valence-electron chi connectivity index (χ4n) is 2.85. The number of benzene rings is 1. The van der Waals surface area contributed by atoms with E-state index >= 15 is 0 Å². The molecule has 0 unspecified atom stereocenters. The van der Waals surface area contributed by atoms with Crippen LogP contribution in [0.25, 0.3) is 11.5 Å². The van der Waals surface area contributed by atoms with Crippen molar-refractivity contribution in [3.63, 3.8) is 0 Å². The first-order valence-electron chi connectivity index (χ1n) is 7.38. The average molecular weight is 287 g/mol. The van der Waals surface area contributed by atoms with Gasteiger partial charge in [0.15, 0.2) is 11.5 Å². The third-order valence-electron chi connectivity index (χ3n) is 3.98. The first-order valence-corrected chi connectivity index (χ1v) is 7.38. The summed E-state index contributed by atoms with van der Waals surface area (Å²) < 4.78 is 16.4. The van der Waals surface area contributed by atoms with Crippen molar-refractivity contribution in [3.05, 3.63) is 18.2 Å². The molecule has 0 saturated heterocycles. The molecule has 0 radical (unpaired) electrons. The highest BCUT2D eigenvalue weighted by atomic mass is 16.7. The first kappa shape index (κ1) is 12.5. The summed E-state index contributed by atoms with van der Waals surface area (Å²) in [6.45, 7) is 0.261. The number of nitrogens with zero attached hydrogens (tertiary/aromatic N) is 2. The lowest BCUT2D eigenvalue weighted by Crippen LogP contribution is -2.22. The molecule has 0 bridgehead atoms. The highest BCUT2D eigenvalue weighted by Gasteiger charge is 2.18. The van der Waals surface area contributed by atoms with E-state index in [1.165, 1.54) is 32.1 Å². The molecule has 0 spiro atoms. The van der Waals surface area contributed by atoms with Crippen LogP contribution in [0.5, 0.6) is 11.5 Å². The molecule has 1 N–H and O–H groups in total. The largest absolute Gasteiger partial charge is 0.454 e. The van der Waals surface area contributed by atoms with Crippen LogP contribution in [0.3, 0.4) is 0 Å². The Bertz CT molecular complexity index is 635. The summed E-state index contributed by atoms with van der Waals surface area (Å²) in [5.74, 6) is 1.96. The summed E-state index contributed by atoms with van der Waals surface area (Å²) in [6.07, 6.45) is 6.19. The molecule has 1 aromatic carbocycles. The Morgan fingerprint density at radius 2 is 1.86 bits per heavy atom. The average Bonchev–Trinajstić information content (AvgIpc) is 3.16. The molecule has 1 aliphatic carbocycles. The van der Waals surface area contributed by atoms with Gasteiger partial charge in [0.1, 0.15) is 0 Å². The maximum Gasteiger partial charge on any atom is 0.315 e. The number of hydrogen-bond donors (Lipinski definition) is 1. The van der Waals surface area contributed by atoms with Crippen LogP contribution in [-0.2, 0) is 0 Å². The van der Waals surface area contributed by atoms with Gasteiger partial charge in [0.05, 0.1) is 0 Å². The second-order valence-electron chi connectivity index (χ2n) is 5.46. The van der Waals surface area contributed by atoms with Crippen molar-refractivity contribution in [1.82, 2.24) is 10.2 Å². The number of hydrogen-bond acceptors (Lipinski definition) is 6. The van der Waals surface area contributed by atoms with Crippen LogP contribution in [0, 0.1) is 0 Å². The summed E-state index contributed by atoms with van der Waals surface area (Å²) >= 11 is 0. The quantitative estimate of drug-likeness (QED) is 0.934. The minimum absolute atomic E-state index is 0.261. The molecule has 4 rings (SSSR count). The standard InChI is InChI=1S/C15H17N3O3/c1-2-4-11(5-3-1)16-15-18-17-14(21-15)10-6-7-12-13(8-10)20-9-19-12/h6-8,11H,1-5,9H2,(H,16,18). The Morgan fingerprint density at radius 3 is 2.76 bits per heavy atom. The Kier molecular flexibility index (Phi) is 3.14. The molecule has 2 aromatic rings. The molecule has 2 heterocycles. The second kappa shape index (κ2) is 5.27. The fraction of sp³-hybridized carbons (Fsp3) is 0.467. The van der Waals surface area contributed by atoms with E-state index in [1.807, 2.05) is 18.2 Å². The maximum absolute atomic E-state index is 5.70. The minimum atomic E-state index is 0.261. The molecule has 1 fully saturated rings. The Labute approximate surface area is 122 Å². The number of rotatable bonds is 3. The van der Waals surface area contributed by atoms with Crippen molar-refractivity contribution in [2.45, 2.75) is 38.1 Å². The number of nitrogens with one attached hydrogen (secondary N) is 1. The highest BCUT2D eigenvalue weighted by molar-refractivity contribution is 5.60. The van der Waals surface area contributed by atoms with Crippen molar-refractivity contribution in [2.24, 2.45) is 0 Å². The molecule has 21 heavy (non-hydrogen) atoms. The van der Waals surface area contributed by atoms with Gasteiger partial charge in [-0.2, -0.15) is 0 Å². The number of ether oxygens (including phenoxy) is 2. The summed E-state index contributed by atoms with van der Waals surface area (Å²) in [5.41, 5.74) is 0.837. The van der Waals surface area contributed by atoms with Gasteiger partial charge in [-0.1, -0.05) is 24.4 Å². The molecular weight excluding hydrogens is 270 g/mol. The third-order valence-corrected chi connectivity index (χ3v) is 3.98. The number of aromatic nitrogens is 2. The van der Waals surface area contributed by atoms with Gasteiger partial charge < -0.3 is 19.2 Å². The van der Waals surface area contributed by atoms with E-state index in [2.05, 4.69) is 15.5 Å². The predicted octanol–water partition coefficient (Wildman–Crippen LogP) is 3.21. The van der Waals surface area contributed by atoms with E-state index in [-0.39, 0.29) is 6.79 Å². The van der Waals surface area contributed by atoms with E-state index in [9.17, 15) is 0 Å². The van der Waals surface area contributed by atoms with Crippen LogP contribution in [0.1, 0.15) is 32.1 Å². The minimum Gasteiger partial charge on any atom is -0.454 e. The Morgan fingerprint density at radius 1 is 1.00 bits per heavy atom. The molecule has 6 heteroatoms. The molecule has 0 atom stereocenters. The van der Waals surface area contributed by atoms with Crippen molar-refractivity contribution in [3.8, 4) is 23.0 Å². The van der Waals surface area contributed by atoms with Crippen LogP contribution in [0.2, 0.25) is 0 Å². The molecule has 1 aromatic heterocycles. The molecule has 6 nitrogen and oxygen atoms in total. The van der Waals surface area contributed by atoms with E-state index in [0.29, 0.717) is 23.7 Å². The zero-order valence-electron chi connectivity index (χ0n) is 11.7. The molecule has 0 amide bonds. The van der Waals surface area contributed by atoms with Gasteiger partial charge in [0, 0.05) is 11.6 Å². The molecule has 1 aliphatic heterocycles. The monoisotopic (exact) mass is 287 g/mol. The van der Waals surface area contributed by atoms with E-state index in [0.717, 1.165) is 11.3 Å². The van der Waals surface area contributed by atoms with Gasteiger partial charge >= 0.3 is 6.01 Å². The van der Waals surface area contributed by atoms with Gasteiger partial charge in [-0.3, -0.25) is 0 Å². The Hall–Kier alpha value is -2.24. The zero-order valence-corrected chi connectivity index (χ0v) is 11.7. The van der Waals surface area contributed by atoms with Crippen molar-refractivity contribution in [2.75, 3.05) is 12.1 Å². The van der Waals surface area contributed by atoms with Crippen molar-refractivity contribution >= 4 is 6.01 Å². The number of anilines is 1. The smallest absolute Gasteiger partial charge is 0.315 e. The van der Waals surface area contributed by atoms with Crippen molar-refractivity contribution < 1.29 is 13.9 Å². The normalized spacial score (nSPS) is 17.9. The van der Waals surface area contributed by atoms with Crippen LogP contribution in [0.4, 0.5) is 6.01 Å². The predicted molar refractivity (Wildman–Crippen MR) is 76.4 cm³/mol. The van der Waals surface area contributed by atoms with Crippen LogP contribution < -0.4 is 14.8 Å².